The van der Waals surface area contributed by atoms with E-state index in [4.69, 9.17) is 0 Å². The number of rotatable bonds is 5. The number of carbonyl (C=O) groups is 2. The van der Waals surface area contributed by atoms with E-state index in [1.165, 1.54) is 0 Å². The molecule has 0 spiro atoms. The maximum Gasteiger partial charge on any atom is 0.239 e. The molecule has 2 aromatic carbocycles. The van der Waals surface area contributed by atoms with Crippen molar-refractivity contribution >= 4 is 17.5 Å². The summed E-state index contributed by atoms with van der Waals surface area (Å²) in [6, 6.07) is 13.7. The molecule has 0 unspecified atom stereocenters. The highest BCUT2D eigenvalue weighted by molar-refractivity contribution is 6.10. The van der Waals surface area contributed by atoms with Crippen molar-refractivity contribution in [1.82, 2.24) is 5.32 Å². The minimum Gasteiger partial charge on any atom is -0.351 e. The highest BCUT2D eigenvalue weighted by Gasteiger charge is 2.36. The number of amides is 2. The monoisotopic (exact) mass is 338 g/mol. The van der Waals surface area contributed by atoms with Crippen molar-refractivity contribution in [3.63, 3.8) is 0 Å². The van der Waals surface area contributed by atoms with Gasteiger partial charge in [-0.25, -0.2) is 0 Å². The Hall–Kier alpha value is -2.62. The van der Waals surface area contributed by atoms with Crippen LogP contribution in [0.2, 0.25) is 0 Å². The molecule has 2 amide bonds. The van der Waals surface area contributed by atoms with Gasteiger partial charge in [-0.1, -0.05) is 42.0 Å². The average Bonchev–Trinajstić information content (AvgIpc) is 2.56. The molecule has 0 aliphatic rings. The topological polar surface area (TPSA) is 58.2 Å². The molecule has 0 aromatic heterocycles. The molecule has 4 nitrogen and oxygen atoms in total. The number of hydrogen-bond acceptors (Lipinski definition) is 2. The maximum atomic E-state index is 12.6. The lowest BCUT2D eigenvalue weighted by Crippen LogP contribution is -2.45. The van der Waals surface area contributed by atoms with E-state index in [9.17, 15) is 9.59 Å². The SMILES string of the molecule is Cc1ccc(NC(=O)C(C)(C)C(=O)NCc2ccccc2C)c(C)c1. The maximum absolute atomic E-state index is 12.6. The first-order chi connectivity index (χ1) is 11.7. The van der Waals surface area contributed by atoms with Gasteiger partial charge in [-0.3, -0.25) is 9.59 Å². The molecular formula is C21H26N2O2. The highest BCUT2D eigenvalue weighted by atomic mass is 16.2. The summed E-state index contributed by atoms with van der Waals surface area (Å²) in [5, 5.41) is 5.74. The Morgan fingerprint density at radius 3 is 2.24 bits per heavy atom. The summed E-state index contributed by atoms with van der Waals surface area (Å²) < 4.78 is 0. The molecule has 25 heavy (non-hydrogen) atoms. The number of anilines is 1. The summed E-state index contributed by atoms with van der Waals surface area (Å²) in [5.41, 5.74) is 3.83. The Morgan fingerprint density at radius 1 is 0.920 bits per heavy atom. The number of benzene rings is 2. The Kier molecular flexibility index (Phi) is 5.62. The molecule has 2 aromatic rings. The summed E-state index contributed by atoms with van der Waals surface area (Å²) in [6.45, 7) is 9.62. The van der Waals surface area contributed by atoms with Crippen molar-refractivity contribution in [2.45, 2.75) is 41.2 Å². The van der Waals surface area contributed by atoms with Gasteiger partial charge >= 0.3 is 0 Å². The normalized spacial score (nSPS) is 11.1. The quantitative estimate of drug-likeness (QED) is 0.813. The van der Waals surface area contributed by atoms with Crippen LogP contribution in [0, 0.1) is 26.2 Å². The fourth-order valence-corrected chi connectivity index (χ4v) is 2.54. The van der Waals surface area contributed by atoms with E-state index in [0.29, 0.717) is 6.54 Å². The molecule has 0 bridgehead atoms. The molecule has 0 heterocycles. The van der Waals surface area contributed by atoms with Gasteiger partial charge in [-0.2, -0.15) is 0 Å². The lowest BCUT2D eigenvalue weighted by molar-refractivity contribution is -0.138. The first-order valence-electron chi connectivity index (χ1n) is 8.43. The molecule has 0 aliphatic carbocycles. The molecule has 0 saturated carbocycles. The van der Waals surface area contributed by atoms with Gasteiger partial charge in [0.05, 0.1) is 0 Å². The van der Waals surface area contributed by atoms with E-state index in [1.54, 1.807) is 13.8 Å². The first-order valence-corrected chi connectivity index (χ1v) is 8.43. The summed E-state index contributed by atoms with van der Waals surface area (Å²) in [5.74, 6) is -0.611. The third-order valence-electron chi connectivity index (χ3n) is 4.47. The number of nitrogens with one attached hydrogen (secondary N) is 2. The second-order valence-corrected chi connectivity index (χ2v) is 7.01. The standard InChI is InChI=1S/C21H26N2O2/c1-14-10-11-18(16(3)12-14)23-20(25)21(4,5)19(24)22-13-17-9-7-6-8-15(17)2/h6-12H,13H2,1-5H3,(H,22,24)(H,23,25). The Labute approximate surface area is 149 Å². The lowest BCUT2D eigenvalue weighted by Gasteiger charge is -2.23. The Bertz CT molecular complexity index is 794. The van der Waals surface area contributed by atoms with Crippen LogP contribution < -0.4 is 10.6 Å². The van der Waals surface area contributed by atoms with Crippen molar-refractivity contribution in [2.75, 3.05) is 5.32 Å². The van der Waals surface area contributed by atoms with E-state index < -0.39 is 5.41 Å². The lowest BCUT2D eigenvalue weighted by atomic mass is 9.90. The van der Waals surface area contributed by atoms with Crippen LogP contribution in [0.1, 0.15) is 36.1 Å². The zero-order valence-electron chi connectivity index (χ0n) is 15.6. The first kappa shape index (κ1) is 18.7. The molecule has 0 atom stereocenters. The average molecular weight is 338 g/mol. The fourth-order valence-electron chi connectivity index (χ4n) is 2.54. The van der Waals surface area contributed by atoms with Crippen molar-refractivity contribution in [1.29, 1.82) is 0 Å². The van der Waals surface area contributed by atoms with E-state index in [0.717, 1.165) is 27.9 Å². The van der Waals surface area contributed by atoms with Crippen LogP contribution in [0.25, 0.3) is 0 Å². The van der Waals surface area contributed by atoms with Gasteiger partial charge in [-0.05, 0) is 57.4 Å². The fraction of sp³-hybridized carbons (Fsp3) is 0.333. The second kappa shape index (κ2) is 7.51. The Morgan fingerprint density at radius 2 is 1.60 bits per heavy atom. The van der Waals surface area contributed by atoms with Gasteiger partial charge < -0.3 is 10.6 Å². The summed E-state index contributed by atoms with van der Waals surface area (Å²) in [4.78, 5) is 25.2. The minimum absolute atomic E-state index is 0.294. The molecule has 2 rings (SSSR count). The zero-order valence-corrected chi connectivity index (χ0v) is 15.6. The van der Waals surface area contributed by atoms with Crippen LogP contribution in [-0.4, -0.2) is 11.8 Å². The third kappa shape index (κ3) is 4.47. The van der Waals surface area contributed by atoms with Gasteiger partial charge in [0.15, 0.2) is 0 Å². The molecule has 0 aliphatic heterocycles. The van der Waals surface area contributed by atoms with Crippen LogP contribution >= 0.6 is 0 Å². The molecule has 2 N–H and O–H groups in total. The van der Waals surface area contributed by atoms with Gasteiger partial charge in [0, 0.05) is 12.2 Å². The van der Waals surface area contributed by atoms with Gasteiger partial charge in [0.1, 0.15) is 5.41 Å². The van der Waals surface area contributed by atoms with Gasteiger partial charge in [0.2, 0.25) is 11.8 Å². The predicted octanol–water partition coefficient (Wildman–Crippen LogP) is 3.89. The molecule has 4 heteroatoms. The van der Waals surface area contributed by atoms with Gasteiger partial charge in [-0.15, -0.1) is 0 Å². The highest BCUT2D eigenvalue weighted by Crippen LogP contribution is 2.22. The van der Waals surface area contributed by atoms with Crippen LogP contribution in [0.3, 0.4) is 0 Å². The van der Waals surface area contributed by atoms with E-state index in [-0.39, 0.29) is 11.8 Å². The largest absolute Gasteiger partial charge is 0.351 e. The third-order valence-corrected chi connectivity index (χ3v) is 4.47. The Balaban J connectivity index is 2.04. The summed E-state index contributed by atoms with van der Waals surface area (Å²) >= 11 is 0. The second-order valence-electron chi connectivity index (χ2n) is 7.01. The van der Waals surface area contributed by atoms with Crippen molar-refractivity contribution < 1.29 is 9.59 Å². The number of hydrogen-bond donors (Lipinski definition) is 2. The summed E-state index contributed by atoms with van der Waals surface area (Å²) in [7, 11) is 0. The van der Waals surface area contributed by atoms with Crippen molar-refractivity contribution in [3.8, 4) is 0 Å². The number of carbonyl (C=O) groups excluding carboxylic acids is 2. The molecule has 0 saturated heterocycles. The van der Waals surface area contributed by atoms with Crippen molar-refractivity contribution in [2.24, 2.45) is 5.41 Å². The van der Waals surface area contributed by atoms with Crippen LogP contribution in [0.5, 0.6) is 0 Å². The molecule has 0 radical (unpaired) electrons. The molecular weight excluding hydrogens is 312 g/mol. The summed E-state index contributed by atoms with van der Waals surface area (Å²) in [6.07, 6.45) is 0. The van der Waals surface area contributed by atoms with Crippen LogP contribution in [-0.2, 0) is 16.1 Å². The molecule has 0 fully saturated rings. The van der Waals surface area contributed by atoms with Gasteiger partial charge in [0.25, 0.3) is 0 Å². The minimum atomic E-state index is -1.17. The molecule has 132 valence electrons. The van der Waals surface area contributed by atoms with E-state index in [1.807, 2.05) is 63.2 Å². The van der Waals surface area contributed by atoms with Crippen molar-refractivity contribution in [3.05, 3.63) is 64.7 Å². The van der Waals surface area contributed by atoms with E-state index in [2.05, 4.69) is 10.6 Å². The van der Waals surface area contributed by atoms with E-state index >= 15 is 0 Å². The predicted molar refractivity (Wildman–Crippen MR) is 101 cm³/mol. The zero-order chi connectivity index (χ0) is 18.6. The van der Waals surface area contributed by atoms with Crippen LogP contribution in [0.4, 0.5) is 5.69 Å². The number of aryl methyl sites for hydroxylation is 3. The van der Waals surface area contributed by atoms with Crippen LogP contribution in [0.15, 0.2) is 42.5 Å². The smallest absolute Gasteiger partial charge is 0.239 e.